The molecule has 6 nitrogen and oxygen atoms in total. The standard InChI is InChI=1S/C22H25N3O3S/c1-14-7-5-8-15(2)20(14)27-12-11-23-21(26)18-9-6-10-24-22(18)29-13-19-16(3)25-28-17(19)4/h5-10H,11-13H2,1-4H3,(H,23,26). The third-order valence-corrected chi connectivity index (χ3v) is 5.62. The average molecular weight is 412 g/mol. The molecule has 1 N–H and O–H groups in total. The van der Waals surface area contributed by atoms with Gasteiger partial charge in [0.2, 0.25) is 0 Å². The zero-order valence-corrected chi connectivity index (χ0v) is 17.9. The van der Waals surface area contributed by atoms with Gasteiger partial charge in [0.25, 0.3) is 5.91 Å². The van der Waals surface area contributed by atoms with Crippen LogP contribution in [-0.2, 0) is 5.75 Å². The van der Waals surface area contributed by atoms with Gasteiger partial charge in [-0.25, -0.2) is 4.98 Å². The highest BCUT2D eigenvalue weighted by Crippen LogP contribution is 2.27. The van der Waals surface area contributed by atoms with Crippen LogP contribution in [0.4, 0.5) is 0 Å². The van der Waals surface area contributed by atoms with Crippen molar-refractivity contribution < 1.29 is 14.1 Å². The quantitative estimate of drug-likeness (QED) is 0.437. The van der Waals surface area contributed by atoms with Gasteiger partial charge in [0.1, 0.15) is 23.1 Å². The van der Waals surface area contributed by atoms with Crippen LogP contribution in [0, 0.1) is 27.7 Å². The van der Waals surface area contributed by atoms with E-state index in [1.54, 1.807) is 18.3 Å². The van der Waals surface area contributed by atoms with E-state index in [2.05, 4.69) is 15.5 Å². The van der Waals surface area contributed by atoms with Crippen molar-refractivity contribution in [3.05, 3.63) is 70.2 Å². The zero-order chi connectivity index (χ0) is 20.8. The van der Waals surface area contributed by atoms with E-state index >= 15 is 0 Å². The second-order valence-corrected chi connectivity index (χ2v) is 7.74. The first-order chi connectivity index (χ1) is 14.0. The van der Waals surface area contributed by atoms with Gasteiger partial charge in [-0.15, -0.1) is 11.8 Å². The molecule has 1 aromatic carbocycles. The van der Waals surface area contributed by atoms with Gasteiger partial charge in [0, 0.05) is 17.5 Å². The molecule has 0 spiro atoms. The Hall–Kier alpha value is -2.80. The second kappa shape index (κ2) is 9.60. The summed E-state index contributed by atoms with van der Waals surface area (Å²) in [7, 11) is 0. The van der Waals surface area contributed by atoms with Crippen molar-refractivity contribution in [2.75, 3.05) is 13.2 Å². The molecule has 0 radical (unpaired) electrons. The number of thioether (sulfide) groups is 1. The van der Waals surface area contributed by atoms with Gasteiger partial charge < -0.3 is 14.6 Å². The lowest BCUT2D eigenvalue weighted by Crippen LogP contribution is -2.28. The molecule has 0 unspecified atom stereocenters. The number of benzene rings is 1. The highest BCUT2D eigenvalue weighted by atomic mass is 32.2. The molecule has 0 aliphatic heterocycles. The molecular formula is C22H25N3O3S. The van der Waals surface area contributed by atoms with Gasteiger partial charge in [-0.05, 0) is 51.0 Å². The zero-order valence-electron chi connectivity index (χ0n) is 17.1. The van der Waals surface area contributed by atoms with Crippen LogP contribution in [0.1, 0.15) is 38.5 Å². The van der Waals surface area contributed by atoms with E-state index in [-0.39, 0.29) is 5.91 Å². The van der Waals surface area contributed by atoms with Crippen LogP contribution < -0.4 is 10.1 Å². The lowest BCUT2D eigenvalue weighted by Gasteiger charge is -2.13. The Bertz CT molecular complexity index is 961. The van der Waals surface area contributed by atoms with Gasteiger partial charge in [0.05, 0.1) is 17.8 Å². The summed E-state index contributed by atoms with van der Waals surface area (Å²) < 4.78 is 11.1. The summed E-state index contributed by atoms with van der Waals surface area (Å²) in [5, 5.41) is 7.57. The number of rotatable bonds is 8. The Balaban J connectivity index is 1.57. The summed E-state index contributed by atoms with van der Waals surface area (Å²) in [6.07, 6.45) is 1.69. The van der Waals surface area contributed by atoms with Crippen molar-refractivity contribution >= 4 is 17.7 Å². The Morgan fingerprint density at radius 3 is 2.59 bits per heavy atom. The predicted molar refractivity (Wildman–Crippen MR) is 114 cm³/mol. The van der Waals surface area contributed by atoms with Crippen LogP contribution in [0.2, 0.25) is 0 Å². The minimum atomic E-state index is -0.163. The maximum absolute atomic E-state index is 12.7. The van der Waals surface area contributed by atoms with E-state index in [1.165, 1.54) is 11.8 Å². The molecule has 1 amide bonds. The molecule has 0 fully saturated rings. The molecule has 3 rings (SSSR count). The molecule has 0 bridgehead atoms. The van der Waals surface area contributed by atoms with Gasteiger partial charge in [0.15, 0.2) is 0 Å². The van der Waals surface area contributed by atoms with Gasteiger partial charge in [-0.3, -0.25) is 4.79 Å². The highest BCUT2D eigenvalue weighted by molar-refractivity contribution is 7.98. The number of aryl methyl sites for hydroxylation is 4. The summed E-state index contributed by atoms with van der Waals surface area (Å²) in [4.78, 5) is 17.0. The maximum atomic E-state index is 12.7. The number of aromatic nitrogens is 2. The first-order valence-corrected chi connectivity index (χ1v) is 10.4. The van der Waals surface area contributed by atoms with Crippen molar-refractivity contribution in [3.8, 4) is 5.75 Å². The molecule has 0 aliphatic rings. The van der Waals surface area contributed by atoms with Gasteiger partial charge in [-0.2, -0.15) is 0 Å². The average Bonchev–Trinajstić information content (AvgIpc) is 3.03. The summed E-state index contributed by atoms with van der Waals surface area (Å²) >= 11 is 1.50. The minimum absolute atomic E-state index is 0.163. The van der Waals surface area contributed by atoms with E-state index < -0.39 is 0 Å². The molecular weight excluding hydrogens is 386 g/mol. The number of carbonyl (C=O) groups excluding carboxylic acids is 1. The molecule has 29 heavy (non-hydrogen) atoms. The molecule has 3 aromatic rings. The van der Waals surface area contributed by atoms with E-state index in [4.69, 9.17) is 9.26 Å². The molecule has 2 heterocycles. The van der Waals surface area contributed by atoms with Crippen LogP contribution in [0.15, 0.2) is 46.1 Å². The first-order valence-electron chi connectivity index (χ1n) is 9.44. The number of amides is 1. The summed E-state index contributed by atoms with van der Waals surface area (Å²) in [5.41, 5.74) is 4.62. The van der Waals surface area contributed by atoms with Gasteiger partial charge in [-0.1, -0.05) is 23.4 Å². The third-order valence-electron chi connectivity index (χ3n) is 4.59. The fourth-order valence-corrected chi connectivity index (χ4v) is 4.11. The highest BCUT2D eigenvalue weighted by Gasteiger charge is 2.15. The Morgan fingerprint density at radius 1 is 1.14 bits per heavy atom. The molecule has 152 valence electrons. The van der Waals surface area contributed by atoms with E-state index in [0.29, 0.717) is 29.5 Å². The number of nitrogens with zero attached hydrogens (tertiary/aromatic N) is 2. The number of hydrogen-bond donors (Lipinski definition) is 1. The Labute approximate surface area is 175 Å². The fraction of sp³-hybridized carbons (Fsp3) is 0.318. The molecule has 0 atom stereocenters. The van der Waals surface area contributed by atoms with Crippen molar-refractivity contribution in [3.63, 3.8) is 0 Å². The van der Waals surface area contributed by atoms with E-state index in [1.807, 2.05) is 45.9 Å². The first kappa shape index (κ1) is 20.9. The predicted octanol–water partition coefficient (Wildman–Crippen LogP) is 4.40. The van der Waals surface area contributed by atoms with Crippen molar-refractivity contribution in [2.24, 2.45) is 0 Å². The van der Waals surface area contributed by atoms with Crippen LogP contribution in [0.3, 0.4) is 0 Å². The Morgan fingerprint density at radius 2 is 1.90 bits per heavy atom. The maximum Gasteiger partial charge on any atom is 0.254 e. The summed E-state index contributed by atoms with van der Waals surface area (Å²) in [5.74, 6) is 2.15. The molecule has 7 heteroatoms. The second-order valence-electron chi connectivity index (χ2n) is 6.77. The third kappa shape index (κ3) is 5.17. The normalized spacial score (nSPS) is 10.8. The van der Waals surface area contributed by atoms with E-state index in [0.717, 1.165) is 33.9 Å². The number of carbonyl (C=O) groups is 1. The molecule has 0 aliphatic carbocycles. The number of nitrogens with one attached hydrogen (secondary N) is 1. The largest absolute Gasteiger partial charge is 0.491 e. The monoisotopic (exact) mass is 411 g/mol. The number of ether oxygens (including phenoxy) is 1. The molecule has 0 saturated carbocycles. The summed E-state index contributed by atoms with van der Waals surface area (Å²) in [6.45, 7) is 8.64. The van der Waals surface area contributed by atoms with E-state index in [9.17, 15) is 4.79 Å². The van der Waals surface area contributed by atoms with Crippen LogP contribution in [-0.4, -0.2) is 29.2 Å². The summed E-state index contributed by atoms with van der Waals surface area (Å²) in [6, 6.07) is 9.58. The smallest absolute Gasteiger partial charge is 0.254 e. The van der Waals surface area contributed by atoms with Crippen LogP contribution >= 0.6 is 11.8 Å². The number of hydrogen-bond acceptors (Lipinski definition) is 6. The topological polar surface area (TPSA) is 77.2 Å². The van der Waals surface area contributed by atoms with Crippen molar-refractivity contribution in [1.29, 1.82) is 0 Å². The van der Waals surface area contributed by atoms with Crippen molar-refractivity contribution in [2.45, 2.75) is 38.5 Å². The van der Waals surface area contributed by atoms with Crippen molar-refractivity contribution in [1.82, 2.24) is 15.5 Å². The lowest BCUT2D eigenvalue weighted by atomic mass is 10.1. The molecule has 0 saturated heterocycles. The fourth-order valence-electron chi connectivity index (χ4n) is 2.97. The Kier molecular flexibility index (Phi) is 6.93. The van der Waals surface area contributed by atoms with Crippen LogP contribution in [0.25, 0.3) is 0 Å². The van der Waals surface area contributed by atoms with Crippen LogP contribution in [0.5, 0.6) is 5.75 Å². The molecule has 2 aromatic heterocycles. The SMILES string of the molecule is Cc1cccc(C)c1OCCNC(=O)c1cccnc1SCc1c(C)noc1C. The minimum Gasteiger partial charge on any atom is -0.491 e. The lowest BCUT2D eigenvalue weighted by molar-refractivity contribution is 0.0943. The van der Waals surface area contributed by atoms with Gasteiger partial charge >= 0.3 is 0 Å². The number of pyridine rings is 1. The number of para-hydroxylation sites is 1.